The van der Waals surface area contributed by atoms with Gasteiger partial charge in [0, 0.05) is 36.8 Å². The van der Waals surface area contributed by atoms with E-state index in [4.69, 9.17) is 0 Å². The molecule has 0 atom stereocenters. The van der Waals surface area contributed by atoms with Crippen molar-refractivity contribution in [3.05, 3.63) is 41.0 Å². The fraction of sp³-hybridized carbons (Fsp3) is 0.333. The number of H-pyrrole nitrogens is 1. The van der Waals surface area contributed by atoms with Crippen LogP contribution in [0.2, 0.25) is 0 Å². The van der Waals surface area contributed by atoms with Crippen LogP contribution in [0.15, 0.2) is 18.2 Å². The molecular weight excluding hydrogens is 344 g/mol. The number of aromatic nitrogens is 2. The smallest absolute Gasteiger partial charge is 0.422 e. The van der Waals surface area contributed by atoms with Crippen LogP contribution in [0.5, 0.6) is 5.75 Å². The van der Waals surface area contributed by atoms with E-state index in [1.54, 1.807) is 0 Å². The first kappa shape index (κ1) is 17.2. The summed E-state index contributed by atoms with van der Waals surface area (Å²) in [6.45, 7) is -0.367. The number of nitrogens with zero attached hydrogens (tertiary/aromatic N) is 1. The Morgan fingerprint density at radius 3 is 2.92 bits per heavy atom. The lowest BCUT2D eigenvalue weighted by atomic mass is 10.1. The van der Waals surface area contributed by atoms with Crippen molar-refractivity contribution < 1.29 is 27.1 Å². The Kier molecular flexibility index (Phi) is 4.62. The largest absolute Gasteiger partial charge is 0.482 e. The van der Waals surface area contributed by atoms with Crippen molar-refractivity contribution in [2.45, 2.75) is 19.1 Å². The second-order valence-corrected chi connectivity index (χ2v) is 5.45. The zero-order chi connectivity index (χ0) is 18.0. The number of alkyl halides is 3. The maximum Gasteiger partial charge on any atom is 0.422 e. The van der Waals surface area contributed by atoms with Crippen molar-refractivity contribution in [2.24, 2.45) is 0 Å². The van der Waals surface area contributed by atoms with Crippen molar-refractivity contribution in [1.29, 1.82) is 0 Å². The van der Waals surface area contributed by atoms with Gasteiger partial charge in [-0.1, -0.05) is 0 Å². The van der Waals surface area contributed by atoms with Crippen molar-refractivity contribution in [1.82, 2.24) is 15.5 Å². The van der Waals surface area contributed by atoms with Gasteiger partial charge in [-0.2, -0.15) is 18.3 Å². The third-order valence-electron chi connectivity index (χ3n) is 3.60. The van der Waals surface area contributed by atoms with Gasteiger partial charge >= 0.3 is 6.18 Å². The third kappa shape index (κ3) is 4.08. The molecule has 0 fully saturated rings. The van der Waals surface area contributed by atoms with Gasteiger partial charge in [-0.3, -0.25) is 9.89 Å². The molecule has 0 bridgehead atoms. The quantitative estimate of drug-likeness (QED) is 0.734. The number of aromatic amines is 1. The Balaban J connectivity index is 1.81. The van der Waals surface area contributed by atoms with Crippen molar-refractivity contribution in [3.63, 3.8) is 0 Å². The predicted molar refractivity (Wildman–Crippen MR) is 79.9 cm³/mol. The Morgan fingerprint density at radius 1 is 1.36 bits per heavy atom. The first-order chi connectivity index (χ1) is 11.8. The van der Waals surface area contributed by atoms with E-state index in [9.17, 15) is 22.4 Å². The van der Waals surface area contributed by atoms with Crippen LogP contribution in [0.4, 0.5) is 23.2 Å². The van der Waals surface area contributed by atoms with Gasteiger partial charge in [-0.05, 0) is 12.1 Å². The van der Waals surface area contributed by atoms with Gasteiger partial charge in [0.15, 0.2) is 12.3 Å². The zero-order valence-corrected chi connectivity index (χ0v) is 12.8. The second-order valence-electron chi connectivity index (χ2n) is 5.45. The second kappa shape index (κ2) is 6.71. The molecule has 0 saturated heterocycles. The molecule has 2 heterocycles. The minimum absolute atomic E-state index is 0.105. The fourth-order valence-electron chi connectivity index (χ4n) is 2.48. The number of halogens is 4. The number of hydrogen-bond acceptors (Lipinski definition) is 4. The Hall–Kier alpha value is -2.62. The van der Waals surface area contributed by atoms with Crippen molar-refractivity contribution in [2.75, 3.05) is 18.5 Å². The summed E-state index contributed by atoms with van der Waals surface area (Å²) in [6, 6.07) is 2.86. The van der Waals surface area contributed by atoms with Gasteiger partial charge in [0.2, 0.25) is 0 Å². The summed E-state index contributed by atoms with van der Waals surface area (Å²) in [5.74, 6) is -1.67. The monoisotopic (exact) mass is 358 g/mol. The number of ether oxygens (including phenoxy) is 1. The minimum atomic E-state index is -4.55. The molecular formula is C15H14F4N4O2. The number of anilines is 1. The van der Waals surface area contributed by atoms with Crippen LogP contribution in [0.25, 0.3) is 0 Å². The van der Waals surface area contributed by atoms with E-state index in [1.807, 2.05) is 0 Å². The summed E-state index contributed by atoms with van der Waals surface area (Å²) < 4.78 is 55.0. The van der Waals surface area contributed by atoms with Crippen LogP contribution in [0, 0.1) is 5.82 Å². The fourth-order valence-corrected chi connectivity index (χ4v) is 2.48. The Bertz CT molecular complexity index is 788. The van der Waals surface area contributed by atoms with Crippen molar-refractivity contribution >= 4 is 11.6 Å². The summed E-state index contributed by atoms with van der Waals surface area (Å²) in [7, 11) is 0. The number of amides is 1. The van der Waals surface area contributed by atoms with E-state index in [0.29, 0.717) is 18.5 Å². The normalized spacial score (nSPS) is 14.1. The molecule has 10 heteroatoms. The van der Waals surface area contributed by atoms with Crippen LogP contribution < -0.4 is 15.4 Å². The topological polar surface area (TPSA) is 79.0 Å². The minimum Gasteiger partial charge on any atom is -0.482 e. The van der Waals surface area contributed by atoms with E-state index >= 15 is 0 Å². The number of fused-ring (bicyclic) bond motifs is 1. The summed E-state index contributed by atoms with van der Waals surface area (Å²) in [4.78, 5) is 12.4. The highest BCUT2D eigenvalue weighted by Gasteiger charge is 2.29. The van der Waals surface area contributed by atoms with Gasteiger partial charge < -0.3 is 15.4 Å². The van der Waals surface area contributed by atoms with Crippen LogP contribution in [-0.2, 0) is 13.0 Å². The highest BCUT2D eigenvalue weighted by Crippen LogP contribution is 2.28. The molecule has 134 valence electrons. The molecule has 3 rings (SSSR count). The lowest BCUT2D eigenvalue weighted by molar-refractivity contribution is -0.153. The van der Waals surface area contributed by atoms with E-state index in [-0.39, 0.29) is 17.1 Å². The maximum atomic E-state index is 13.4. The first-order valence-electron chi connectivity index (χ1n) is 7.41. The van der Waals surface area contributed by atoms with Crippen LogP contribution in [0.1, 0.15) is 21.7 Å². The third-order valence-corrected chi connectivity index (χ3v) is 3.60. The molecule has 0 saturated carbocycles. The SMILES string of the molecule is O=C(Nc1cc(F)ccc1OCC(F)(F)F)c1n[nH]c2c1CNCC2. The predicted octanol–water partition coefficient (Wildman–Crippen LogP) is 2.39. The molecule has 1 aromatic heterocycles. The number of rotatable bonds is 4. The van der Waals surface area contributed by atoms with Crippen molar-refractivity contribution in [3.8, 4) is 5.75 Å². The molecule has 25 heavy (non-hydrogen) atoms. The first-order valence-corrected chi connectivity index (χ1v) is 7.41. The van der Waals surface area contributed by atoms with E-state index < -0.39 is 24.5 Å². The Morgan fingerprint density at radius 2 is 2.16 bits per heavy atom. The zero-order valence-electron chi connectivity index (χ0n) is 12.8. The lowest BCUT2D eigenvalue weighted by Gasteiger charge is -2.15. The molecule has 1 aliphatic rings. The number of nitrogens with one attached hydrogen (secondary N) is 3. The average Bonchev–Trinajstić information content (AvgIpc) is 2.97. The summed E-state index contributed by atoms with van der Waals surface area (Å²) in [6.07, 6.45) is -3.88. The molecule has 6 nitrogen and oxygen atoms in total. The summed E-state index contributed by atoms with van der Waals surface area (Å²) in [5, 5.41) is 12.2. The lowest BCUT2D eigenvalue weighted by Crippen LogP contribution is -2.25. The molecule has 1 aliphatic heterocycles. The number of benzene rings is 1. The highest BCUT2D eigenvalue weighted by molar-refractivity contribution is 6.04. The van der Waals surface area contributed by atoms with E-state index in [2.05, 4.69) is 25.6 Å². The highest BCUT2D eigenvalue weighted by atomic mass is 19.4. The number of carbonyl (C=O) groups is 1. The number of hydrogen-bond donors (Lipinski definition) is 3. The number of carbonyl (C=O) groups excluding carboxylic acids is 1. The molecule has 0 unspecified atom stereocenters. The molecule has 1 amide bonds. The molecule has 3 N–H and O–H groups in total. The average molecular weight is 358 g/mol. The van der Waals surface area contributed by atoms with Crippen LogP contribution in [0.3, 0.4) is 0 Å². The molecule has 0 radical (unpaired) electrons. The van der Waals surface area contributed by atoms with E-state index in [0.717, 1.165) is 30.4 Å². The van der Waals surface area contributed by atoms with Crippen LogP contribution >= 0.6 is 0 Å². The van der Waals surface area contributed by atoms with Gasteiger partial charge in [-0.15, -0.1) is 0 Å². The Labute approximate surface area is 139 Å². The van der Waals surface area contributed by atoms with E-state index in [1.165, 1.54) is 0 Å². The van der Waals surface area contributed by atoms with Gasteiger partial charge in [0.25, 0.3) is 5.91 Å². The molecule has 2 aromatic rings. The van der Waals surface area contributed by atoms with Gasteiger partial charge in [-0.25, -0.2) is 4.39 Å². The summed E-state index contributed by atoms with van der Waals surface area (Å²) >= 11 is 0. The molecule has 0 spiro atoms. The molecule has 1 aromatic carbocycles. The standard InChI is InChI=1S/C15H14F4N4O2/c16-8-1-2-12(25-7-15(17,18)19)11(5-8)21-14(24)13-9-6-20-4-3-10(9)22-23-13/h1-2,5,20H,3-4,6-7H2,(H,21,24)(H,22,23). The maximum absolute atomic E-state index is 13.4. The molecule has 0 aliphatic carbocycles. The van der Waals surface area contributed by atoms with Crippen LogP contribution in [-0.4, -0.2) is 35.4 Å². The summed E-state index contributed by atoms with van der Waals surface area (Å²) in [5.41, 5.74) is 1.40. The van der Waals surface area contributed by atoms with Gasteiger partial charge in [0.05, 0.1) is 5.69 Å². The van der Waals surface area contributed by atoms with Gasteiger partial charge in [0.1, 0.15) is 11.6 Å².